The molecule has 0 radical (unpaired) electrons. The molecule has 25 heavy (non-hydrogen) atoms. The Bertz CT molecular complexity index is 938. The van der Waals surface area contributed by atoms with E-state index in [1.165, 1.54) is 24.3 Å². The lowest BCUT2D eigenvalue weighted by Gasteiger charge is -2.26. The van der Waals surface area contributed by atoms with E-state index in [1.807, 2.05) is 6.92 Å². The highest BCUT2D eigenvalue weighted by molar-refractivity contribution is 5.98. The summed E-state index contributed by atoms with van der Waals surface area (Å²) in [6.45, 7) is 3.61. The Morgan fingerprint density at radius 3 is 2.36 bits per heavy atom. The van der Waals surface area contributed by atoms with Crippen molar-refractivity contribution in [2.45, 2.75) is 19.9 Å². The number of carbonyl (C=O) groups excluding carboxylic acids is 1. The van der Waals surface area contributed by atoms with Gasteiger partial charge in [0.25, 0.3) is 5.91 Å². The Morgan fingerprint density at radius 2 is 1.68 bits per heavy atom. The van der Waals surface area contributed by atoms with Gasteiger partial charge in [0.05, 0.1) is 22.8 Å². The van der Waals surface area contributed by atoms with E-state index >= 15 is 0 Å². The molecule has 0 fully saturated rings. The predicted octanol–water partition coefficient (Wildman–Crippen LogP) is 4.65. The van der Waals surface area contributed by atoms with Crippen LogP contribution in [0, 0.1) is 18.6 Å². The molecular weight excluding hydrogens is 322 g/mol. The second kappa shape index (κ2) is 6.59. The summed E-state index contributed by atoms with van der Waals surface area (Å²) in [5.74, 6) is -0.861. The van der Waals surface area contributed by atoms with Gasteiger partial charge in [0, 0.05) is 18.5 Å². The van der Waals surface area contributed by atoms with Crippen molar-refractivity contribution < 1.29 is 13.6 Å². The van der Waals surface area contributed by atoms with Crippen LogP contribution < -0.4 is 0 Å². The minimum atomic E-state index is -0.361. The lowest BCUT2D eigenvalue weighted by Crippen LogP contribution is -2.30. The summed E-state index contributed by atoms with van der Waals surface area (Å²) in [5.41, 5.74) is 2.37. The lowest BCUT2D eigenvalue weighted by atomic mass is 10.0. The molecular formula is C20H18F2N2O. The number of halogens is 2. The molecule has 2 aromatic carbocycles. The SMILES string of the molecule is Cc1nc2cc(F)ccc2cc1C(=O)N(C)C(C)c1ccc(F)cc1. The van der Waals surface area contributed by atoms with Crippen LogP contribution in [0.1, 0.15) is 34.6 Å². The number of aromatic nitrogens is 1. The molecule has 0 aliphatic carbocycles. The largest absolute Gasteiger partial charge is 0.335 e. The number of fused-ring (bicyclic) bond motifs is 1. The number of amides is 1. The number of rotatable bonds is 3. The summed E-state index contributed by atoms with van der Waals surface area (Å²) in [4.78, 5) is 18.8. The van der Waals surface area contributed by atoms with Crippen molar-refractivity contribution in [2.75, 3.05) is 7.05 Å². The second-order valence-electron chi connectivity index (χ2n) is 6.10. The van der Waals surface area contributed by atoms with Crippen LogP contribution in [0.5, 0.6) is 0 Å². The molecule has 3 rings (SSSR count). The van der Waals surface area contributed by atoms with Crippen LogP contribution in [0.3, 0.4) is 0 Å². The number of hydrogen-bond donors (Lipinski definition) is 0. The predicted molar refractivity (Wildman–Crippen MR) is 93.3 cm³/mol. The first-order chi connectivity index (χ1) is 11.9. The molecule has 128 valence electrons. The van der Waals surface area contributed by atoms with Crippen LogP contribution in [-0.4, -0.2) is 22.8 Å². The molecule has 3 nitrogen and oxygen atoms in total. The molecule has 1 aromatic heterocycles. The van der Waals surface area contributed by atoms with Gasteiger partial charge >= 0.3 is 0 Å². The van der Waals surface area contributed by atoms with Crippen LogP contribution in [0.25, 0.3) is 10.9 Å². The van der Waals surface area contributed by atoms with Crippen molar-refractivity contribution in [3.63, 3.8) is 0 Å². The molecule has 5 heteroatoms. The molecule has 1 amide bonds. The zero-order valence-corrected chi connectivity index (χ0v) is 14.3. The number of aryl methyl sites for hydroxylation is 1. The Kier molecular flexibility index (Phi) is 4.49. The average molecular weight is 340 g/mol. The molecule has 0 aliphatic rings. The van der Waals surface area contributed by atoms with Crippen molar-refractivity contribution in [3.8, 4) is 0 Å². The van der Waals surface area contributed by atoms with Gasteiger partial charge in [-0.05, 0) is 49.7 Å². The molecule has 0 spiro atoms. The molecule has 3 aromatic rings. The minimum Gasteiger partial charge on any atom is -0.335 e. The fraction of sp³-hybridized carbons (Fsp3) is 0.200. The number of carbonyl (C=O) groups is 1. The summed E-state index contributed by atoms with van der Waals surface area (Å²) in [5, 5.41) is 0.707. The highest BCUT2D eigenvalue weighted by Crippen LogP contribution is 2.24. The molecule has 1 atom stereocenters. The van der Waals surface area contributed by atoms with Gasteiger partial charge < -0.3 is 4.90 Å². The number of nitrogens with zero attached hydrogens (tertiary/aromatic N) is 2. The third kappa shape index (κ3) is 3.36. The van der Waals surface area contributed by atoms with Crippen LogP contribution in [-0.2, 0) is 0 Å². The van der Waals surface area contributed by atoms with Crippen LogP contribution in [0.15, 0.2) is 48.5 Å². The zero-order chi connectivity index (χ0) is 18.1. The van der Waals surface area contributed by atoms with E-state index < -0.39 is 0 Å². The molecule has 0 saturated carbocycles. The topological polar surface area (TPSA) is 33.2 Å². The maximum absolute atomic E-state index is 13.3. The molecule has 0 saturated heterocycles. The number of benzene rings is 2. The fourth-order valence-electron chi connectivity index (χ4n) is 2.78. The Morgan fingerprint density at radius 1 is 1.04 bits per heavy atom. The standard InChI is InChI=1S/C20H18F2N2O/c1-12-18(10-15-6-9-17(22)11-19(15)23-12)20(25)24(3)13(2)14-4-7-16(21)8-5-14/h4-11,13H,1-3H3. The van der Waals surface area contributed by atoms with E-state index in [0.717, 1.165) is 5.56 Å². The minimum absolute atomic E-state index is 0.187. The summed E-state index contributed by atoms with van der Waals surface area (Å²) in [6, 6.07) is 11.9. The van der Waals surface area contributed by atoms with Crippen LogP contribution in [0.2, 0.25) is 0 Å². The van der Waals surface area contributed by atoms with Gasteiger partial charge in [-0.25, -0.2) is 8.78 Å². The Hall–Kier alpha value is -2.82. The van der Waals surface area contributed by atoms with E-state index in [0.29, 0.717) is 22.2 Å². The first-order valence-corrected chi connectivity index (χ1v) is 7.96. The summed E-state index contributed by atoms with van der Waals surface area (Å²) in [6.07, 6.45) is 0. The maximum atomic E-state index is 13.3. The Balaban J connectivity index is 1.93. The highest BCUT2D eigenvalue weighted by Gasteiger charge is 2.21. The first-order valence-electron chi connectivity index (χ1n) is 7.96. The molecule has 1 unspecified atom stereocenters. The van der Waals surface area contributed by atoms with E-state index in [1.54, 1.807) is 43.1 Å². The third-order valence-corrected chi connectivity index (χ3v) is 4.45. The smallest absolute Gasteiger partial charge is 0.255 e. The van der Waals surface area contributed by atoms with Gasteiger partial charge in [-0.1, -0.05) is 12.1 Å². The summed E-state index contributed by atoms with van der Waals surface area (Å²) in [7, 11) is 1.70. The van der Waals surface area contributed by atoms with E-state index in [9.17, 15) is 13.6 Å². The number of pyridine rings is 1. The van der Waals surface area contributed by atoms with E-state index in [-0.39, 0.29) is 23.6 Å². The molecule has 1 heterocycles. The van der Waals surface area contributed by atoms with Crippen LogP contribution >= 0.6 is 0 Å². The van der Waals surface area contributed by atoms with E-state index in [4.69, 9.17) is 0 Å². The van der Waals surface area contributed by atoms with Crippen molar-refractivity contribution in [3.05, 3.63) is 77.0 Å². The average Bonchev–Trinajstić information content (AvgIpc) is 2.60. The second-order valence-corrected chi connectivity index (χ2v) is 6.10. The van der Waals surface area contributed by atoms with Crippen LogP contribution in [0.4, 0.5) is 8.78 Å². The van der Waals surface area contributed by atoms with Crippen molar-refractivity contribution in [1.82, 2.24) is 9.88 Å². The molecule has 0 aliphatic heterocycles. The first kappa shape index (κ1) is 17.0. The zero-order valence-electron chi connectivity index (χ0n) is 14.3. The van der Waals surface area contributed by atoms with Crippen molar-refractivity contribution in [1.29, 1.82) is 0 Å². The van der Waals surface area contributed by atoms with E-state index in [2.05, 4.69) is 4.98 Å². The fourth-order valence-corrected chi connectivity index (χ4v) is 2.78. The Labute approximate surface area is 144 Å². The maximum Gasteiger partial charge on any atom is 0.255 e. The third-order valence-electron chi connectivity index (χ3n) is 4.45. The molecule has 0 N–H and O–H groups in total. The van der Waals surface area contributed by atoms with Gasteiger partial charge in [0.15, 0.2) is 0 Å². The molecule has 0 bridgehead atoms. The summed E-state index contributed by atoms with van der Waals surface area (Å²) >= 11 is 0. The van der Waals surface area contributed by atoms with Gasteiger partial charge in [-0.15, -0.1) is 0 Å². The van der Waals surface area contributed by atoms with Gasteiger partial charge in [0.1, 0.15) is 11.6 Å². The number of hydrogen-bond acceptors (Lipinski definition) is 2. The van der Waals surface area contributed by atoms with Crippen molar-refractivity contribution >= 4 is 16.8 Å². The monoisotopic (exact) mass is 340 g/mol. The highest BCUT2D eigenvalue weighted by atomic mass is 19.1. The van der Waals surface area contributed by atoms with Crippen molar-refractivity contribution in [2.24, 2.45) is 0 Å². The van der Waals surface area contributed by atoms with Gasteiger partial charge in [0.2, 0.25) is 0 Å². The quantitative estimate of drug-likeness (QED) is 0.695. The van der Waals surface area contributed by atoms with Gasteiger partial charge in [-0.2, -0.15) is 0 Å². The van der Waals surface area contributed by atoms with Gasteiger partial charge in [-0.3, -0.25) is 9.78 Å². The normalized spacial score (nSPS) is 12.2. The lowest BCUT2D eigenvalue weighted by molar-refractivity contribution is 0.0741. The summed E-state index contributed by atoms with van der Waals surface area (Å²) < 4.78 is 26.4.